The number of rotatable bonds is 6. The second-order valence-corrected chi connectivity index (χ2v) is 7.88. The third-order valence-electron chi connectivity index (χ3n) is 3.92. The summed E-state index contributed by atoms with van der Waals surface area (Å²) in [6.07, 6.45) is 6.35. The standard InChI is InChI=1S/C18H19N3O3S/c1-25(23,24)18-10-9-14(12-20-18)21-17(22)8-4-5-13-11-19-16-7-3-2-6-15(13)16/h2-3,6-7,9-12,19H,4-5,8H2,1H3,(H,21,22). The van der Waals surface area contributed by atoms with Crippen LogP contribution in [0.15, 0.2) is 53.8 Å². The van der Waals surface area contributed by atoms with Gasteiger partial charge in [0.05, 0.1) is 11.9 Å². The number of fused-ring (bicyclic) bond motifs is 1. The summed E-state index contributed by atoms with van der Waals surface area (Å²) in [6.45, 7) is 0. The number of hydrogen-bond acceptors (Lipinski definition) is 4. The van der Waals surface area contributed by atoms with Crippen LogP contribution in [0.1, 0.15) is 18.4 Å². The molecule has 0 unspecified atom stereocenters. The maximum atomic E-state index is 12.0. The number of sulfone groups is 1. The molecule has 0 saturated carbocycles. The molecule has 0 spiro atoms. The van der Waals surface area contributed by atoms with Crippen LogP contribution in [0.2, 0.25) is 0 Å². The molecule has 0 atom stereocenters. The summed E-state index contributed by atoms with van der Waals surface area (Å²) in [6, 6.07) is 11.0. The van der Waals surface area contributed by atoms with Crippen molar-refractivity contribution < 1.29 is 13.2 Å². The summed E-state index contributed by atoms with van der Waals surface area (Å²) in [5, 5.41) is 3.91. The van der Waals surface area contributed by atoms with Gasteiger partial charge < -0.3 is 10.3 Å². The summed E-state index contributed by atoms with van der Waals surface area (Å²) in [5.41, 5.74) is 2.78. The summed E-state index contributed by atoms with van der Waals surface area (Å²) in [4.78, 5) is 19.1. The zero-order valence-electron chi connectivity index (χ0n) is 13.8. The van der Waals surface area contributed by atoms with Gasteiger partial charge in [-0.05, 0) is 36.6 Å². The summed E-state index contributed by atoms with van der Waals surface area (Å²) in [7, 11) is -3.33. The topological polar surface area (TPSA) is 91.9 Å². The van der Waals surface area contributed by atoms with Gasteiger partial charge in [-0.25, -0.2) is 13.4 Å². The van der Waals surface area contributed by atoms with Crippen LogP contribution in [0.25, 0.3) is 10.9 Å². The van der Waals surface area contributed by atoms with Crippen molar-refractivity contribution in [3.05, 3.63) is 54.4 Å². The van der Waals surface area contributed by atoms with Crippen LogP contribution in [0.3, 0.4) is 0 Å². The highest BCUT2D eigenvalue weighted by Crippen LogP contribution is 2.19. The molecule has 0 aliphatic rings. The number of aryl methyl sites for hydroxylation is 1. The third kappa shape index (κ3) is 4.24. The number of nitrogens with zero attached hydrogens (tertiary/aromatic N) is 1. The first-order valence-corrected chi connectivity index (χ1v) is 9.83. The van der Waals surface area contributed by atoms with E-state index in [0.717, 1.165) is 24.6 Å². The molecule has 3 aromatic rings. The zero-order chi connectivity index (χ0) is 17.9. The van der Waals surface area contributed by atoms with E-state index in [-0.39, 0.29) is 10.9 Å². The van der Waals surface area contributed by atoms with Crippen molar-refractivity contribution in [2.24, 2.45) is 0 Å². The average molecular weight is 357 g/mol. The number of para-hydroxylation sites is 1. The fourth-order valence-corrected chi connectivity index (χ4v) is 3.23. The van der Waals surface area contributed by atoms with Crippen molar-refractivity contribution in [1.29, 1.82) is 0 Å². The molecule has 3 rings (SSSR count). The lowest BCUT2D eigenvalue weighted by Crippen LogP contribution is -2.12. The Morgan fingerprint density at radius 1 is 1.20 bits per heavy atom. The molecule has 1 aromatic carbocycles. The second kappa shape index (κ2) is 7.06. The fourth-order valence-electron chi connectivity index (χ4n) is 2.67. The lowest BCUT2D eigenvalue weighted by atomic mass is 10.1. The molecule has 1 amide bonds. The van der Waals surface area contributed by atoms with Gasteiger partial charge in [0.15, 0.2) is 14.9 Å². The third-order valence-corrected chi connectivity index (χ3v) is 4.93. The molecule has 0 saturated heterocycles. The van der Waals surface area contributed by atoms with Crippen LogP contribution < -0.4 is 5.32 Å². The molecule has 0 aliphatic carbocycles. The lowest BCUT2D eigenvalue weighted by molar-refractivity contribution is -0.116. The molecule has 7 heteroatoms. The maximum Gasteiger partial charge on any atom is 0.224 e. The number of carbonyl (C=O) groups is 1. The monoisotopic (exact) mass is 357 g/mol. The molecule has 0 bridgehead atoms. The number of H-pyrrole nitrogens is 1. The normalized spacial score (nSPS) is 11.6. The van der Waals surface area contributed by atoms with E-state index in [4.69, 9.17) is 0 Å². The molecule has 0 fully saturated rings. The molecular weight excluding hydrogens is 338 g/mol. The molecule has 2 N–H and O–H groups in total. The van der Waals surface area contributed by atoms with Gasteiger partial charge in [0, 0.05) is 29.8 Å². The summed E-state index contributed by atoms with van der Waals surface area (Å²) < 4.78 is 22.7. The Morgan fingerprint density at radius 3 is 2.72 bits per heavy atom. The quantitative estimate of drug-likeness (QED) is 0.709. The predicted molar refractivity (Wildman–Crippen MR) is 97.2 cm³/mol. The van der Waals surface area contributed by atoms with E-state index >= 15 is 0 Å². The van der Waals surface area contributed by atoms with Gasteiger partial charge in [0.2, 0.25) is 5.91 Å². The molecule has 0 aliphatic heterocycles. The smallest absolute Gasteiger partial charge is 0.224 e. The molecule has 0 radical (unpaired) electrons. The summed E-state index contributed by atoms with van der Waals surface area (Å²) >= 11 is 0. The number of aromatic amines is 1. The van der Waals surface area contributed by atoms with Gasteiger partial charge in [-0.3, -0.25) is 4.79 Å². The van der Waals surface area contributed by atoms with E-state index in [1.165, 1.54) is 23.2 Å². The number of aromatic nitrogens is 2. The van der Waals surface area contributed by atoms with Gasteiger partial charge in [-0.2, -0.15) is 0 Å². The largest absolute Gasteiger partial charge is 0.361 e. The highest BCUT2D eigenvalue weighted by Gasteiger charge is 2.09. The Morgan fingerprint density at radius 2 is 2.00 bits per heavy atom. The first-order chi connectivity index (χ1) is 11.9. The Labute approximate surface area is 146 Å². The molecule has 25 heavy (non-hydrogen) atoms. The van der Waals surface area contributed by atoms with Crippen molar-refractivity contribution in [3.63, 3.8) is 0 Å². The number of pyridine rings is 1. The maximum absolute atomic E-state index is 12.0. The van der Waals surface area contributed by atoms with Crippen LogP contribution in [0, 0.1) is 0 Å². The Bertz CT molecular complexity index is 992. The lowest BCUT2D eigenvalue weighted by Gasteiger charge is -2.05. The Balaban J connectivity index is 1.53. The van der Waals surface area contributed by atoms with Crippen LogP contribution >= 0.6 is 0 Å². The minimum atomic E-state index is -3.33. The van der Waals surface area contributed by atoms with Crippen LogP contribution in [0.4, 0.5) is 5.69 Å². The zero-order valence-corrected chi connectivity index (χ0v) is 14.6. The Kier molecular flexibility index (Phi) is 4.85. The van der Waals surface area contributed by atoms with Crippen LogP contribution in [-0.4, -0.2) is 30.5 Å². The van der Waals surface area contributed by atoms with Crippen molar-refractivity contribution in [3.8, 4) is 0 Å². The summed E-state index contributed by atoms with van der Waals surface area (Å²) in [5.74, 6) is -0.117. The number of nitrogens with one attached hydrogen (secondary N) is 2. The van der Waals surface area contributed by atoms with E-state index in [0.29, 0.717) is 12.1 Å². The minimum Gasteiger partial charge on any atom is -0.361 e. The van der Waals surface area contributed by atoms with E-state index in [2.05, 4.69) is 21.4 Å². The minimum absolute atomic E-state index is 0.00941. The van der Waals surface area contributed by atoms with E-state index < -0.39 is 9.84 Å². The number of benzene rings is 1. The number of anilines is 1. The van der Waals surface area contributed by atoms with E-state index in [9.17, 15) is 13.2 Å². The van der Waals surface area contributed by atoms with Gasteiger partial charge in [-0.1, -0.05) is 18.2 Å². The van der Waals surface area contributed by atoms with Gasteiger partial charge in [0.25, 0.3) is 0 Å². The van der Waals surface area contributed by atoms with E-state index in [1.807, 2.05) is 24.4 Å². The predicted octanol–water partition coefficient (Wildman–Crippen LogP) is 2.93. The Hall–Kier alpha value is -2.67. The number of hydrogen-bond donors (Lipinski definition) is 2. The first-order valence-electron chi connectivity index (χ1n) is 7.94. The van der Waals surface area contributed by atoms with Crippen molar-refractivity contribution in [2.45, 2.75) is 24.3 Å². The van der Waals surface area contributed by atoms with Crippen LogP contribution in [0.5, 0.6) is 0 Å². The van der Waals surface area contributed by atoms with Crippen molar-refractivity contribution in [1.82, 2.24) is 9.97 Å². The molecular formula is C18H19N3O3S. The highest BCUT2D eigenvalue weighted by atomic mass is 32.2. The number of carbonyl (C=O) groups excluding carboxylic acids is 1. The molecule has 2 heterocycles. The molecule has 130 valence electrons. The first kappa shape index (κ1) is 17.2. The van der Waals surface area contributed by atoms with Crippen LogP contribution in [-0.2, 0) is 21.1 Å². The second-order valence-electron chi connectivity index (χ2n) is 5.92. The van der Waals surface area contributed by atoms with Gasteiger partial charge in [-0.15, -0.1) is 0 Å². The van der Waals surface area contributed by atoms with Crippen molar-refractivity contribution in [2.75, 3.05) is 11.6 Å². The van der Waals surface area contributed by atoms with Gasteiger partial charge >= 0.3 is 0 Å². The van der Waals surface area contributed by atoms with Gasteiger partial charge in [0.1, 0.15) is 0 Å². The molecule has 2 aromatic heterocycles. The SMILES string of the molecule is CS(=O)(=O)c1ccc(NC(=O)CCCc2c[nH]c3ccccc23)cn1. The highest BCUT2D eigenvalue weighted by molar-refractivity contribution is 7.90. The van der Waals surface area contributed by atoms with Crippen molar-refractivity contribution >= 4 is 32.3 Å². The fraction of sp³-hybridized carbons (Fsp3) is 0.222. The molecule has 6 nitrogen and oxygen atoms in total. The van der Waals surface area contributed by atoms with E-state index in [1.54, 1.807) is 6.07 Å². The average Bonchev–Trinajstić information content (AvgIpc) is 2.98. The number of amides is 1.